The van der Waals surface area contributed by atoms with Gasteiger partial charge in [0.25, 0.3) is 0 Å². The van der Waals surface area contributed by atoms with Crippen LogP contribution in [0.25, 0.3) is 23.1 Å². The van der Waals surface area contributed by atoms with Crippen LogP contribution in [0.2, 0.25) is 0 Å². The molecule has 0 aliphatic carbocycles. The highest BCUT2D eigenvalue weighted by Crippen LogP contribution is 2.31. The SMILES string of the molecule is CCOc1ccccc1-c1nnc2/c(=C\c3sc(N(C)CC)cc3C)c(C(C)(C)C)nn12. The smallest absolute Gasteiger partial charge is 0.189 e. The van der Waals surface area contributed by atoms with Gasteiger partial charge in [-0.3, -0.25) is 0 Å². The molecule has 4 rings (SSSR count). The van der Waals surface area contributed by atoms with Crippen LogP contribution in [0, 0.1) is 6.92 Å². The van der Waals surface area contributed by atoms with Crippen molar-refractivity contribution in [1.29, 1.82) is 0 Å². The van der Waals surface area contributed by atoms with E-state index >= 15 is 0 Å². The molecule has 0 amide bonds. The van der Waals surface area contributed by atoms with Crippen LogP contribution in [0.15, 0.2) is 30.3 Å². The number of nitrogens with zero attached hydrogens (tertiary/aromatic N) is 5. The van der Waals surface area contributed by atoms with E-state index in [1.54, 1.807) is 11.3 Å². The summed E-state index contributed by atoms with van der Waals surface area (Å²) in [4.78, 5) is 3.48. The van der Waals surface area contributed by atoms with Gasteiger partial charge in [0.2, 0.25) is 0 Å². The largest absolute Gasteiger partial charge is 0.493 e. The van der Waals surface area contributed by atoms with Crippen LogP contribution in [0.1, 0.15) is 50.8 Å². The highest BCUT2D eigenvalue weighted by atomic mass is 32.1. The number of para-hydroxylation sites is 1. The second kappa shape index (κ2) is 8.54. The zero-order chi connectivity index (χ0) is 23.0. The third-order valence-electron chi connectivity index (χ3n) is 5.54. The van der Waals surface area contributed by atoms with E-state index in [0.717, 1.165) is 34.4 Å². The summed E-state index contributed by atoms with van der Waals surface area (Å²) in [5.41, 5.74) is 3.79. The maximum absolute atomic E-state index is 5.84. The molecule has 0 atom stereocenters. The second-order valence-electron chi connectivity index (χ2n) is 8.99. The number of aromatic nitrogens is 4. The van der Waals surface area contributed by atoms with Gasteiger partial charge in [-0.25, -0.2) is 0 Å². The van der Waals surface area contributed by atoms with Crippen molar-refractivity contribution in [3.63, 3.8) is 0 Å². The Morgan fingerprint density at radius 1 is 1.16 bits per heavy atom. The van der Waals surface area contributed by atoms with E-state index in [1.807, 2.05) is 35.7 Å². The molecule has 3 heterocycles. The summed E-state index contributed by atoms with van der Waals surface area (Å²) in [7, 11) is 2.12. The van der Waals surface area contributed by atoms with Gasteiger partial charge in [0.05, 0.1) is 22.9 Å². The molecular weight excluding hydrogens is 418 g/mol. The molecule has 0 radical (unpaired) electrons. The van der Waals surface area contributed by atoms with Crippen molar-refractivity contribution in [1.82, 2.24) is 19.8 Å². The molecule has 0 aliphatic rings. The van der Waals surface area contributed by atoms with Crippen molar-refractivity contribution in [3.05, 3.63) is 51.7 Å². The molecule has 1 aromatic carbocycles. The number of rotatable bonds is 6. The summed E-state index contributed by atoms with van der Waals surface area (Å²) in [6.45, 7) is 14.4. The second-order valence-corrected chi connectivity index (χ2v) is 10.1. The van der Waals surface area contributed by atoms with Gasteiger partial charge in [-0.1, -0.05) is 32.9 Å². The highest BCUT2D eigenvalue weighted by Gasteiger charge is 2.25. The van der Waals surface area contributed by atoms with Crippen LogP contribution in [0.3, 0.4) is 0 Å². The molecule has 0 aliphatic heterocycles. The first-order valence-corrected chi connectivity index (χ1v) is 11.9. The number of benzene rings is 1. The highest BCUT2D eigenvalue weighted by molar-refractivity contribution is 7.17. The number of thiophene rings is 1. The van der Waals surface area contributed by atoms with Crippen LogP contribution >= 0.6 is 11.3 Å². The number of ether oxygens (including phenoxy) is 1. The lowest BCUT2D eigenvalue weighted by Gasteiger charge is -2.15. The first-order chi connectivity index (χ1) is 15.2. The third kappa shape index (κ3) is 3.97. The van der Waals surface area contributed by atoms with Crippen molar-refractivity contribution >= 4 is 28.1 Å². The summed E-state index contributed by atoms with van der Waals surface area (Å²) < 4.78 is 7.71. The van der Waals surface area contributed by atoms with Gasteiger partial charge < -0.3 is 9.64 Å². The third-order valence-corrected chi connectivity index (χ3v) is 6.84. The van der Waals surface area contributed by atoms with Gasteiger partial charge in [-0.2, -0.15) is 9.61 Å². The fourth-order valence-electron chi connectivity index (χ4n) is 3.69. The molecule has 0 saturated carbocycles. The van der Waals surface area contributed by atoms with Crippen molar-refractivity contribution < 1.29 is 4.74 Å². The Morgan fingerprint density at radius 2 is 1.91 bits per heavy atom. The zero-order valence-corrected chi connectivity index (χ0v) is 20.7. The molecule has 0 spiro atoms. The van der Waals surface area contributed by atoms with Crippen molar-refractivity contribution in [3.8, 4) is 17.1 Å². The minimum absolute atomic E-state index is 0.141. The maximum Gasteiger partial charge on any atom is 0.189 e. The van der Waals surface area contributed by atoms with Gasteiger partial charge in [-0.15, -0.1) is 21.5 Å². The number of aryl methyl sites for hydroxylation is 1. The van der Waals surface area contributed by atoms with Gasteiger partial charge in [0, 0.05) is 29.1 Å². The predicted molar refractivity (Wildman–Crippen MR) is 133 cm³/mol. The lowest BCUT2D eigenvalue weighted by Crippen LogP contribution is -2.22. The van der Waals surface area contributed by atoms with Crippen LogP contribution < -0.4 is 14.9 Å². The van der Waals surface area contributed by atoms with Crippen LogP contribution in [0.4, 0.5) is 5.00 Å². The molecule has 0 bridgehead atoms. The van der Waals surface area contributed by atoms with Crippen LogP contribution in [-0.2, 0) is 5.41 Å². The van der Waals surface area contributed by atoms with E-state index in [-0.39, 0.29) is 5.41 Å². The zero-order valence-electron chi connectivity index (χ0n) is 19.9. The molecule has 6 nitrogen and oxygen atoms in total. The van der Waals surface area contributed by atoms with Gasteiger partial charge in [-0.05, 0) is 50.6 Å². The van der Waals surface area contributed by atoms with Crippen LogP contribution in [0.5, 0.6) is 5.75 Å². The normalized spacial score (nSPS) is 12.7. The van der Waals surface area contributed by atoms with E-state index in [1.165, 1.54) is 15.4 Å². The van der Waals surface area contributed by atoms with Crippen molar-refractivity contribution in [2.75, 3.05) is 25.1 Å². The molecule has 0 saturated heterocycles. The average Bonchev–Trinajstić information content (AvgIpc) is 3.43. The Morgan fingerprint density at radius 3 is 2.59 bits per heavy atom. The predicted octanol–water partition coefficient (Wildman–Crippen LogP) is 4.86. The van der Waals surface area contributed by atoms with E-state index in [2.05, 4.69) is 68.9 Å². The summed E-state index contributed by atoms with van der Waals surface area (Å²) >= 11 is 1.80. The first kappa shape index (κ1) is 22.3. The summed E-state index contributed by atoms with van der Waals surface area (Å²) in [5, 5.41) is 16.4. The fraction of sp³-hybridized carbons (Fsp3) is 0.400. The quantitative estimate of drug-likeness (QED) is 0.421. The lowest BCUT2D eigenvalue weighted by molar-refractivity contribution is 0.341. The summed E-state index contributed by atoms with van der Waals surface area (Å²) in [6, 6.07) is 10.2. The Kier molecular flexibility index (Phi) is 5.95. The fourth-order valence-corrected chi connectivity index (χ4v) is 4.83. The Bertz CT molecular complexity index is 1300. The first-order valence-electron chi connectivity index (χ1n) is 11.1. The standard InChI is InChI=1S/C25H31N5OS/c1-8-29(7)21-14-16(3)20(32-21)15-18-22(25(4,5)6)28-30-23(26-27-24(18)30)17-12-10-11-13-19(17)31-9-2/h10-15H,8-9H2,1-7H3/b18-15-. The molecule has 7 heteroatoms. The monoisotopic (exact) mass is 449 g/mol. The molecule has 0 N–H and O–H groups in total. The molecule has 3 aromatic heterocycles. The van der Waals surface area contributed by atoms with Crippen LogP contribution in [-0.4, -0.2) is 40.0 Å². The number of anilines is 1. The van der Waals surface area contributed by atoms with Crippen molar-refractivity contribution in [2.45, 2.75) is 47.0 Å². The summed E-state index contributed by atoms with van der Waals surface area (Å²) in [6.07, 6.45) is 2.23. The van der Waals surface area contributed by atoms with E-state index in [9.17, 15) is 0 Å². The molecule has 168 valence electrons. The Balaban J connectivity index is 1.95. The lowest BCUT2D eigenvalue weighted by atomic mass is 9.91. The Hall–Kier alpha value is -2.93. The minimum atomic E-state index is -0.141. The van der Waals surface area contributed by atoms with E-state index in [4.69, 9.17) is 9.84 Å². The summed E-state index contributed by atoms with van der Waals surface area (Å²) in [5.74, 6) is 1.49. The number of hydrogen-bond donors (Lipinski definition) is 0. The Labute approximate surface area is 193 Å². The van der Waals surface area contributed by atoms with Gasteiger partial charge in [0.1, 0.15) is 5.75 Å². The maximum atomic E-state index is 5.84. The van der Waals surface area contributed by atoms with E-state index in [0.29, 0.717) is 12.4 Å². The molecular formula is C25H31N5OS. The topological polar surface area (TPSA) is 55.6 Å². The van der Waals surface area contributed by atoms with Gasteiger partial charge in [0.15, 0.2) is 11.5 Å². The minimum Gasteiger partial charge on any atom is -0.493 e. The molecule has 32 heavy (non-hydrogen) atoms. The van der Waals surface area contributed by atoms with Crippen molar-refractivity contribution in [2.24, 2.45) is 0 Å². The van der Waals surface area contributed by atoms with E-state index < -0.39 is 0 Å². The average molecular weight is 450 g/mol. The molecule has 0 fully saturated rings. The number of fused-ring (bicyclic) bond motifs is 1. The molecule has 0 unspecified atom stereocenters. The number of hydrogen-bond acceptors (Lipinski definition) is 6. The van der Waals surface area contributed by atoms with Gasteiger partial charge >= 0.3 is 0 Å². The molecule has 4 aromatic rings.